The highest BCUT2D eigenvalue weighted by Gasteiger charge is 2.21. The summed E-state index contributed by atoms with van der Waals surface area (Å²) in [6, 6.07) is 6.96. The van der Waals surface area contributed by atoms with Crippen LogP contribution in [0.4, 0.5) is 0 Å². The number of hydrogen-bond donors (Lipinski definition) is 0. The zero-order valence-corrected chi connectivity index (χ0v) is 12.6. The number of halogens is 1. The van der Waals surface area contributed by atoms with Crippen LogP contribution in [0, 0.1) is 19.8 Å². The summed E-state index contributed by atoms with van der Waals surface area (Å²) in [5.74, 6) is 0.833. The first-order chi connectivity index (χ1) is 8.16. The van der Waals surface area contributed by atoms with E-state index in [9.17, 15) is 0 Å². The van der Waals surface area contributed by atoms with Crippen molar-refractivity contribution in [2.75, 3.05) is 0 Å². The van der Waals surface area contributed by atoms with Crippen molar-refractivity contribution in [3.05, 3.63) is 34.9 Å². The molecule has 1 aliphatic carbocycles. The molecule has 0 heterocycles. The maximum Gasteiger partial charge on any atom is 0.0177 e. The minimum Gasteiger partial charge on any atom is -0.0888 e. The van der Waals surface area contributed by atoms with Crippen LogP contribution < -0.4 is 0 Å². The van der Waals surface area contributed by atoms with Gasteiger partial charge in [0, 0.05) is 4.83 Å². The first-order valence-electron chi connectivity index (χ1n) is 6.87. The third-order valence-electron chi connectivity index (χ3n) is 4.14. The second kappa shape index (κ2) is 6.04. The fourth-order valence-electron chi connectivity index (χ4n) is 2.80. The second-order valence-electron chi connectivity index (χ2n) is 5.54. The van der Waals surface area contributed by atoms with Gasteiger partial charge in [0.1, 0.15) is 0 Å². The van der Waals surface area contributed by atoms with Crippen molar-refractivity contribution in [1.82, 2.24) is 0 Å². The highest BCUT2D eigenvalue weighted by molar-refractivity contribution is 9.09. The van der Waals surface area contributed by atoms with Crippen molar-refractivity contribution in [1.29, 1.82) is 0 Å². The molecule has 0 saturated heterocycles. The minimum atomic E-state index is 0.728. The first-order valence-corrected chi connectivity index (χ1v) is 7.78. The molecule has 0 aromatic heterocycles. The van der Waals surface area contributed by atoms with Crippen molar-refractivity contribution in [2.24, 2.45) is 5.92 Å². The van der Waals surface area contributed by atoms with E-state index in [1.165, 1.54) is 55.2 Å². The van der Waals surface area contributed by atoms with E-state index in [1.54, 1.807) is 0 Å². The quantitative estimate of drug-likeness (QED) is 0.520. The summed E-state index contributed by atoms with van der Waals surface area (Å²) in [7, 11) is 0. The van der Waals surface area contributed by atoms with Gasteiger partial charge in [-0.1, -0.05) is 53.4 Å². The number of alkyl halides is 1. The van der Waals surface area contributed by atoms with Crippen LogP contribution in [0.25, 0.3) is 0 Å². The normalized spacial score (nSPS) is 25.6. The number of rotatable bonds is 2. The molecule has 1 heteroatoms. The molecule has 2 atom stereocenters. The van der Waals surface area contributed by atoms with Crippen LogP contribution >= 0.6 is 15.9 Å². The predicted molar refractivity (Wildman–Crippen MR) is 78.9 cm³/mol. The van der Waals surface area contributed by atoms with Crippen LogP contribution in [0.2, 0.25) is 0 Å². The van der Waals surface area contributed by atoms with E-state index in [0.717, 1.165) is 10.7 Å². The number of benzene rings is 1. The van der Waals surface area contributed by atoms with E-state index < -0.39 is 0 Å². The van der Waals surface area contributed by atoms with Crippen LogP contribution in [0.5, 0.6) is 0 Å². The van der Waals surface area contributed by atoms with Crippen LogP contribution in [-0.4, -0.2) is 4.83 Å². The van der Waals surface area contributed by atoms with Gasteiger partial charge < -0.3 is 0 Å². The Hall–Kier alpha value is -0.300. The van der Waals surface area contributed by atoms with E-state index >= 15 is 0 Å². The van der Waals surface area contributed by atoms with Gasteiger partial charge in [-0.25, -0.2) is 0 Å². The lowest BCUT2D eigenvalue weighted by Gasteiger charge is -2.20. The Balaban J connectivity index is 2.05. The van der Waals surface area contributed by atoms with E-state index in [1.807, 2.05) is 0 Å². The Morgan fingerprint density at radius 3 is 2.59 bits per heavy atom. The Morgan fingerprint density at radius 2 is 1.82 bits per heavy atom. The molecule has 1 aliphatic rings. The molecule has 94 valence electrons. The molecule has 0 N–H and O–H groups in total. The Morgan fingerprint density at radius 1 is 1.06 bits per heavy atom. The van der Waals surface area contributed by atoms with Gasteiger partial charge in [-0.15, -0.1) is 0 Å². The lowest BCUT2D eigenvalue weighted by atomic mass is 9.91. The van der Waals surface area contributed by atoms with Gasteiger partial charge in [0.15, 0.2) is 0 Å². The fourth-order valence-corrected chi connectivity index (χ4v) is 3.58. The van der Waals surface area contributed by atoms with Crippen LogP contribution in [0.3, 0.4) is 0 Å². The second-order valence-corrected chi connectivity index (χ2v) is 6.71. The molecule has 1 aromatic rings. The molecule has 0 nitrogen and oxygen atoms in total. The third-order valence-corrected chi connectivity index (χ3v) is 5.34. The zero-order chi connectivity index (χ0) is 12.3. The Labute approximate surface area is 114 Å². The van der Waals surface area contributed by atoms with Gasteiger partial charge in [0.25, 0.3) is 0 Å². The molecule has 0 radical (unpaired) electrons. The predicted octanol–water partition coefficient (Wildman–Crippen LogP) is 5.19. The van der Waals surface area contributed by atoms with Crippen LogP contribution in [0.15, 0.2) is 18.2 Å². The molecular weight excluding hydrogens is 272 g/mol. The van der Waals surface area contributed by atoms with E-state index in [0.29, 0.717) is 0 Å². The van der Waals surface area contributed by atoms with Crippen LogP contribution in [-0.2, 0) is 6.42 Å². The van der Waals surface area contributed by atoms with Crippen molar-refractivity contribution >= 4 is 15.9 Å². The topological polar surface area (TPSA) is 0 Å². The van der Waals surface area contributed by atoms with Gasteiger partial charge >= 0.3 is 0 Å². The lowest BCUT2D eigenvalue weighted by molar-refractivity contribution is 0.475. The largest absolute Gasteiger partial charge is 0.0888 e. The maximum absolute atomic E-state index is 3.90. The average molecular weight is 295 g/mol. The summed E-state index contributed by atoms with van der Waals surface area (Å²) in [5, 5.41) is 0. The molecule has 0 aliphatic heterocycles. The number of aryl methyl sites for hydroxylation is 2. The van der Waals surface area contributed by atoms with Crippen molar-refractivity contribution in [3.8, 4) is 0 Å². The summed E-state index contributed by atoms with van der Waals surface area (Å²) in [6.07, 6.45) is 8.23. The van der Waals surface area contributed by atoms with Gasteiger partial charge in [-0.3, -0.25) is 0 Å². The molecule has 0 amide bonds. The van der Waals surface area contributed by atoms with Crippen LogP contribution in [0.1, 0.15) is 48.8 Å². The highest BCUT2D eigenvalue weighted by atomic mass is 79.9. The van der Waals surface area contributed by atoms with Crippen molar-refractivity contribution in [3.63, 3.8) is 0 Å². The Kier molecular flexibility index (Phi) is 4.67. The van der Waals surface area contributed by atoms with Gasteiger partial charge in [-0.2, -0.15) is 0 Å². The standard InChI is InChI=1S/C16H23Br/c1-12-8-9-14(10-13(12)2)11-15-6-4-3-5-7-16(15)17/h8-10,15-16H,3-7,11H2,1-2H3. The lowest BCUT2D eigenvalue weighted by Crippen LogP contribution is -2.15. The first kappa shape index (κ1) is 13.1. The summed E-state index contributed by atoms with van der Waals surface area (Å²) in [6.45, 7) is 4.41. The summed E-state index contributed by atoms with van der Waals surface area (Å²) >= 11 is 3.90. The van der Waals surface area contributed by atoms with Crippen molar-refractivity contribution in [2.45, 2.75) is 57.2 Å². The minimum absolute atomic E-state index is 0.728. The SMILES string of the molecule is Cc1ccc(CC2CCCCCC2Br)cc1C. The molecule has 2 rings (SSSR count). The maximum atomic E-state index is 3.90. The monoisotopic (exact) mass is 294 g/mol. The van der Waals surface area contributed by atoms with E-state index in [-0.39, 0.29) is 0 Å². The van der Waals surface area contributed by atoms with Gasteiger partial charge in [-0.05, 0) is 55.7 Å². The zero-order valence-electron chi connectivity index (χ0n) is 11.0. The Bertz CT molecular complexity index is 370. The van der Waals surface area contributed by atoms with Crippen molar-refractivity contribution < 1.29 is 0 Å². The molecule has 1 aromatic carbocycles. The highest BCUT2D eigenvalue weighted by Crippen LogP contribution is 2.31. The molecule has 0 spiro atoms. The molecular formula is C16H23Br. The van der Waals surface area contributed by atoms with E-state index in [4.69, 9.17) is 0 Å². The molecule has 0 bridgehead atoms. The molecule has 17 heavy (non-hydrogen) atoms. The third kappa shape index (κ3) is 3.58. The fraction of sp³-hybridized carbons (Fsp3) is 0.625. The molecule has 1 saturated carbocycles. The van der Waals surface area contributed by atoms with Gasteiger partial charge in [0.2, 0.25) is 0 Å². The molecule has 1 fully saturated rings. The summed E-state index contributed by atoms with van der Waals surface area (Å²) < 4.78 is 0. The number of hydrogen-bond acceptors (Lipinski definition) is 0. The average Bonchev–Trinajstić information content (AvgIpc) is 2.50. The summed E-state index contributed by atoms with van der Waals surface area (Å²) in [4.78, 5) is 0.728. The smallest absolute Gasteiger partial charge is 0.0177 e. The van der Waals surface area contributed by atoms with Gasteiger partial charge in [0.05, 0.1) is 0 Å². The molecule has 2 unspecified atom stereocenters. The van der Waals surface area contributed by atoms with E-state index in [2.05, 4.69) is 48.0 Å². The summed E-state index contributed by atoms with van der Waals surface area (Å²) in [5.41, 5.74) is 4.36.